The fourth-order valence-electron chi connectivity index (χ4n) is 2.32. The van der Waals surface area contributed by atoms with Crippen LogP contribution in [0.2, 0.25) is 5.02 Å². The molecule has 0 aliphatic heterocycles. The third-order valence-electron chi connectivity index (χ3n) is 3.60. The van der Waals surface area contributed by atoms with Gasteiger partial charge in [-0.05, 0) is 42.5 Å². The molecule has 0 aromatic heterocycles. The van der Waals surface area contributed by atoms with Crippen LogP contribution in [0.4, 0.5) is 11.4 Å². The summed E-state index contributed by atoms with van der Waals surface area (Å²) < 4.78 is 0. The third-order valence-corrected chi connectivity index (χ3v) is 3.92. The number of carbonyl (C=O) groups excluding carboxylic acids is 2. The highest BCUT2D eigenvalue weighted by Crippen LogP contribution is 2.17. The van der Waals surface area contributed by atoms with Gasteiger partial charge in [0.25, 0.3) is 11.8 Å². The zero-order chi connectivity index (χ0) is 18.4. The van der Waals surface area contributed by atoms with Crippen molar-refractivity contribution in [2.45, 2.75) is 0 Å². The maximum absolute atomic E-state index is 12.3. The predicted octanol–water partition coefficient (Wildman–Crippen LogP) is 4.16. The van der Waals surface area contributed by atoms with Gasteiger partial charge in [-0.25, -0.2) is 0 Å². The molecule has 6 heteroatoms. The Labute approximate surface area is 156 Å². The minimum absolute atomic E-state index is 0.286. The molecular formula is C20H16ClN3O2. The van der Waals surface area contributed by atoms with E-state index < -0.39 is 11.8 Å². The molecule has 3 N–H and O–H groups in total. The van der Waals surface area contributed by atoms with Gasteiger partial charge < -0.3 is 5.32 Å². The van der Waals surface area contributed by atoms with Crippen LogP contribution in [0.5, 0.6) is 0 Å². The van der Waals surface area contributed by atoms with Gasteiger partial charge in [-0.15, -0.1) is 0 Å². The molecule has 0 aliphatic carbocycles. The standard InChI is InChI=1S/C20H16ClN3O2/c21-18-12-5-4-11-17(18)20(26)24-23-19(25)14-7-6-10-16(13-14)22-15-8-2-1-3-9-15/h1-13,22H,(H,23,25)(H,24,26). The molecule has 3 aromatic rings. The van der Waals surface area contributed by atoms with Crippen molar-refractivity contribution < 1.29 is 9.59 Å². The minimum atomic E-state index is -0.484. The number of rotatable bonds is 4. The predicted molar refractivity (Wildman–Crippen MR) is 103 cm³/mol. The normalized spacial score (nSPS) is 10.0. The lowest BCUT2D eigenvalue weighted by Crippen LogP contribution is -2.41. The molecule has 0 saturated carbocycles. The van der Waals surface area contributed by atoms with E-state index >= 15 is 0 Å². The van der Waals surface area contributed by atoms with Gasteiger partial charge in [0.1, 0.15) is 0 Å². The van der Waals surface area contributed by atoms with Crippen molar-refractivity contribution >= 4 is 34.8 Å². The highest BCUT2D eigenvalue weighted by molar-refractivity contribution is 6.33. The number of anilines is 2. The van der Waals surface area contributed by atoms with Crippen molar-refractivity contribution in [2.75, 3.05) is 5.32 Å². The van der Waals surface area contributed by atoms with E-state index in [4.69, 9.17) is 11.6 Å². The monoisotopic (exact) mass is 365 g/mol. The average molecular weight is 366 g/mol. The van der Waals surface area contributed by atoms with Crippen molar-refractivity contribution in [3.8, 4) is 0 Å². The molecule has 0 atom stereocenters. The van der Waals surface area contributed by atoms with E-state index in [9.17, 15) is 9.59 Å². The Balaban J connectivity index is 1.64. The van der Waals surface area contributed by atoms with E-state index in [1.165, 1.54) is 0 Å². The van der Waals surface area contributed by atoms with Crippen molar-refractivity contribution in [1.82, 2.24) is 10.9 Å². The highest BCUT2D eigenvalue weighted by atomic mass is 35.5. The molecule has 5 nitrogen and oxygen atoms in total. The zero-order valence-corrected chi connectivity index (χ0v) is 14.5. The molecule has 0 bridgehead atoms. The summed E-state index contributed by atoms with van der Waals surface area (Å²) >= 11 is 5.97. The van der Waals surface area contributed by atoms with Gasteiger partial charge in [0.2, 0.25) is 0 Å². The Hall–Kier alpha value is -3.31. The highest BCUT2D eigenvalue weighted by Gasteiger charge is 2.12. The molecule has 0 saturated heterocycles. The smallest absolute Gasteiger partial charge is 0.271 e. The summed E-state index contributed by atoms with van der Waals surface area (Å²) in [4.78, 5) is 24.4. The maximum Gasteiger partial charge on any atom is 0.271 e. The fraction of sp³-hybridized carbons (Fsp3) is 0. The van der Waals surface area contributed by atoms with Gasteiger partial charge in [0.15, 0.2) is 0 Å². The van der Waals surface area contributed by atoms with Crippen molar-refractivity contribution in [3.63, 3.8) is 0 Å². The SMILES string of the molecule is O=C(NNC(=O)c1ccccc1Cl)c1cccc(Nc2ccccc2)c1. The molecule has 2 amide bonds. The summed E-state index contributed by atoms with van der Waals surface area (Å²) in [6.45, 7) is 0. The molecule has 130 valence electrons. The first-order valence-corrected chi connectivity index (χ1v) is 8.28. The number of carbonyl (C=O) groups is 2. The molecule has 3 aromatic carbocycles. The summed E-state index contributed by atoms with van der Waals surface area (Å²) in [6.07, 6.45) is 0. The van der Waals surface area contributed by atoms with E-state index in [2.05, 4.69) is 16.2 Å². The van der Waals surface area contributed by atoms with E-state index in [0.29, 0.717) is 10.6 Å². The molecule has 0 aliphatic rings. The van der Waals surface area contributed by atoms with Gasteiger partial charge in [0.05, 0.1) is 10.6 Å². The van der Waals surface area contributed by atoms with Crippen LogP contribution in [-0.4, -0.2) is 11.8 Å². The second-order valence-corrected chi connectivity index (χ2v) is 5.87. The van der Waals surface area contributed by atoms with E-state index in [1.54, 1.807) is 42.5 Å². The van der Waals surface area contributed by atoms with Gasteiger partial charge in [-0.3, -0.25) is 20.4 Å². The van der Waals surface area contributed by atoms with Crippen LogP contribution in [0.1, 0.15) is 20.7 Å². The van der Waals surface area contributed by atoms with Crippen molar-refractivity contribution in [2.24, 2.45) is 0 Å². The van der Waals surface area contributed by atoms with Crippen LogP contribution < -0.4 is 16.2 Å². The first kappa shape index (κ1) is 17.5. The summed E-state index contributed by atoms with van der Waals surface area (Å²) in [5.74, 6) is -0.912. The lowest BCUT2D eigenvalue weighted by Gasteiger charge is -2.10. The third kappa shape index (κ3) is 4.40. The van der Waals surface area contributed by atoms with E-state index in [-0.39, 0.29) is 5.56 Å². The van der Waals surface area contributed by atoms with Gasteiger partial charge in [-0.2, -0.15) is 0 Å². The number of benzene rings is 3. The number of amides is 2. The second-order valence-electron chi connectivity index (χ2n) is 5.46. The van der Waals surface area contributed by atoms with Crippen LogP contribution in [-0.2, 0) is 0 Å². The summed E-state index contributed by atoms with van der Waals surface area (Å²) in [7, 11) is 0. The van der Waals surface area contributed by atoms with Crippen molar-refractivity contribution in [3.05, 3.63) is 95.0 Å². The van der Waals surface area contributed by atoms with Gasteiger partial charge >= 0.3 is 0 Å². The summed E-state index contributed by atoms with van der Waals surface area (Å²) in [5, 5.41) is 3.53. The summed E-state index contributed by atoms with van der Waals surface area (Å²) in [5.41, 5.74) is 7.13. The number of hydrogen-bond donors (Lipinski definition) is 3. The molecule has 0 radical (unpaired) electrons. The molecule has 0 unspecified atom stereocenters. The average Bonchev–Trinajstić information content (AvgIpc) is 2.67. The Morgan fingerprint density at radius 3 is 2.12 bits per heavy atom. The minimum Gasteiger partial charge on any atom is -0.356 e. The first-order valence-electron chi connectivity index (χ1n) is 7.91. The lowest BCUT2D eigenvalue weighted by molar-refractivity contribution is 0.0847. The second kappa shape index (κ2) is 8.18. The van der Waals surface area contributed by atoms with Crippen LogP contribution in [0, 0.1) is 0 Å². The topological polar surface area (TPSA) is 70.2 Å². The number of halogens is 1. The Bertz CT molecular complexity index is 929. The number of hydrogen-bond acceptors (Lipinski definition) is 3. The maximum atomic E-state index is 12.3. The van der Waals surface area contributed by atoms with Crippen molar-refractivity contribution in [1.29, 1.82) is 0 Å². The molecule has 0 spiro atoms. The zero-order valence-electron chi connectivity index (χ0n) is 13.7. The molecule has 0 heterocycles. The van der Waals surface area contributed by atoms with Crippen LogP contribution in [0.15, 0.2) is 78.9 Å². The molecule has 3 rings (SSSR count). The van der Waals surface area contributed by atoms with Crippen LogP contribution >= 0.6 is 11.6 Å². The van der Waals surface area contributed by atoms with Gasteiger partial charge in [0, 0.05) is 16.9 Å². The van der Waals surface area contributed by atoms with Crippen LogP contribution in [0.25, 0.3) is 0 Å². The number of nitrogens with one attached hydrogen (secondary N) is 3. The number of para-hydroxylation sites is 1. The van der Waals surface area contributed by atoms with Gasteiger partial charge in [-0.1, -0.05) is 48.0 Å². The van der Waals surface area contributed by atoms with E-state index in [1.807, 2.05) is 36.4 Å². The number of hydrazine groups is 1. The fourth-order valence-corrected chi connectivity index (χ4v) is 2.55. The summed E-state index contributed by atoms with van der Waals surface area (Å²) in [6, 6.07) is 23.2. The first-order chi connectivity index (χ1) is 12.6. The lowest BCUT2D eigenvalue weighted by atomic mass is 10.2. The van der Waals surface area contributed by atoms with Crippen LogP contribution in [0.3, 0.4) is 0 Å². The molecule has 0 fully saturated rings. The molecular weight excluding hydrogens is 350 g/mol. The Kier molecular flexibility index (Phi) is 5.51. The molecule has 26 heavy (non-hydrogen) atoms. The Morgan fingerprint density at radius 2 is 1.35 bits per heavy atom. The largest absolute Gasteiger partial charge is 0.356 e. The quantitative estimate of drug-likeness (QED) is 0.608. The van der Waals surface area contributed by atoms with E-state index in [0.717, 1.165) is 11.4 Å². The Morgan fingerprint density at radius 1 is 0.692 bits per heavy atom.